The van der Waals surface area contributed by atoms with Crippen molar-refractivity contribution < 1.29 is 4.74 Å². The van der Waals surface area contributed by atoms with Gasteiger partial charge in [0.2, 0.25) is 4.96 Å². The summed E-state index contributed by atoms with van der Waals surface area (Å²) in [5, 5.41) is 9.35. The Morgan fingerprint density at radius 1 is 0.947 bits per heavy atom. The molecule has 186 valence electrons. The fourth-order valence-corrected chi connectivity index (χ4v) is 4.99. The average Bonchev–Trinajstić information content (AvgIpc) is 3.64. The molecule has 3 heterocycles. The van der Waals surface area contributed by atoms with Crippen molar-refractivity contribution in [1.29, 1.82) is 0 Å². The SMILES string of the molecule is C=CCOc1ccc(-c2nn(-c3ccccc3)cc2C=c2sc3nc(-c4ccc(C)cc4)nn3c2=O)cc1. The van der Waals surface area contributed by atoms with Crippen molar-refractivity contribution in [3.8, 4) is 34.1 Å². The Kier molecular flexibility index (Phi) is 6.15. The quantitative estimate of drug-likeness (QED) is 0.276. The third-order valence-corrected chi connectivity index (χ3v) is 7.00. The fraction of sp³-hybridized carbons (Fsp3) is 0.0667. The lowest BCUT2D eigenvalue weighted by molar-refractivity contribution is 0.363. The van der Waals surface area contributed by atoms with Gasteiger partial charge in [0.1, 0.15) is 18.1 Å². The zero-order chi connectivity index (χ0) is 26.1. The van der Waals surface area contributed by atoms with Crippen molar-refractivity contribution in [2.75, 3.05) is 6.61 Å². The van der Waals surface area contributed by atoms with Gasteiger partial charge in [-0.25, -0.2) is 4.68 Å². The van der Waals surface area contributed by atoms with Crippen LogP contribution < -0.4 is 14.8 Å². The van der Waals surface area contributed by atoms with Gasteiger partial charge in [0, 0.05) is 22.9 Å². The standard InChI is InChI=1S/C30H23N5O2S/c1-3-17-37-25-15-13-21(14-16-25)27-23(19-34(32-27)24-7-5-4-6-8-24)18-26-29(36)35-30(38-26)31-28(33-35)22-11-9-20(2)10-12-22/h3-16,18-19H,1,17H2,2H3. The number of para-hydroxylation sites is 1. The highest BCUT2D eigenvalue weighted by Crippen LogP contribution is 2.27. The summed E-state index contributed by atoms with van der Waals surface area (Å²) in [6, 6.07) is 25.5. The maximum atomic E-state index is 13.3. The molecule has 0 aliphatic carbocycles. The van der Waals surface area contributed by atoms with E-state index in [-0.39, 0.29) is 5.56 Å². The zero-order valence-electron chi connectivity index (χ0n) is 20.6. The highest BCUT2D eigenvalue weighted by molar-refractivity contribution is 7.15. The van der Waals surface area contributed by atoms with E-state index in [0.717, 1.165) is 39.4 Å². The minimum absolute atomic E-state index is 0.206. The molecule has 0 spiro atoms. The first-order valence-electron chi connectivity index (χ1n) is 12.1. The van der Waals surface area contributed by atoms with Gasteiger partial charge in [0.05, 0.1) is 10.2 Å². The van der Waals surface area contributed by atoms with Crippen LogP contribution in [0.1, 0.15) is 11.1 Å². The van der Waals surface area contributed by atoms with Crippen molar-refractivity contribution in [3.05, 3.63) is 124 Å². The van der Waals surface area contributed by atoms with E-state index in [9.17, 15) is 4.79 Å². The van der Waals surface area contributed by atoms with E-state index in [1.165, 1.54) is 15.9 Å². The number of aromatic nitrogens is 5. The number of fused-ring (bicyclic) bond motifs is 1. The van der Waals surface area contributed by atoms with Gasteiger partial charge in [-0.3, -0.25) is 4.79 Å². The van der Waals surface area contributed by atoms with Crippen LogP contribution in [0.15, 0.2) is 103 Å². The second-order valence-electron chi connectivity index (χ2n) is 8.75. The molecular formula is C30H23N5O2S. The van der Waals surface area contributed by atoms with E-state index >= 15 is 0 Å². The predicted molar refractivity (Wildman–Crippen MR) is 151 cm³/mol. The van der Waals surface area contributed by atoms with E-state index in [2.05, 4.69) is 16.7 Å². The van der Waals surface area contributed by atoms with Crippen LogP contribution in [-0.4, -0.2) is 31.0 Å². The number of hydrogen-bond acceptors (Lipinski definition) is 6. The van der Waals surface area contributed by atoms with Crippen molar-refractivity contribution in [2.45, 2.75) is 6.92 Å². The van der Waals surface area contributed by atoms with Crippen molar-refractivity contribution in [1.82, 2.24) is 24.4 Å². The Bertz CT molecular complexity index is 1850. The molecule has 0 aliphatic rings. The summed E-state index contributed by atoms with van der Waals surface area (Å²) in [5.74, 6) is 1.29. The zero-order valence-corrected chi connectivity index (χ0v) is 21.4. The molecule has 8 heteroatoms. The highest BCUT2D eigenvalue weighted by atomic mass is 32.1. The molecule has 7 nitrogen and oxygen atoms in total. The van der Waals surface area contributed by atoms with Gasteiger partial charge in [-0.05, 0) is 49.4 Å². The van der Waals surface area contributed by atoms with E-state index < -0.39 is 0 Å². The van der Waals surface area contributed by atoms with Crippen LogP contribution >= 0.6 is 11.3 Å². The minimum Gasteiger partial charge on any atom is -0.490 e. The largest absolute Gasteiger partial charge is 0.490 e. The Balaban J connectivity index is 1.44. The molecule has 0 fully saturated rings. The summed E-state index contributed by atoms with van der Waals surface area (Å²) in [7, 11) is 0. The second-order valence-corrected chi connectivity index (χ2v) is 9.76. The lowest BCUT2D eigenvalue weighted by Gasteiger charge is -2.04. The Labute approximate surface area is 222 Å². The summed E-state index contributed by atoms with van der Waals surface area (Å²) < 4.78 is 9.36. The van der Waals surface area contributed by atoms with Crippen LogP contribution in [0.2, 0.25) is 0 Å². The van der Waals surface area contributed by atoms with Crippen LogP contribution in [0, 0.1) is 6.92 Å². The van der Waals surface area contributed by atoms with Crippen LogP contribution in [0.25, 0.3) is 39.4 Å². The molecule has 0 aliphatic heterocycles. The predicted octanol–water partition coefficient (Wildman–Crippen LogP) is 5.09. The fourth-order valence-electron chi connectivity index (χ4n) is 4.09. The molecular weight excluding hydrogens is 494 g/mol. The summed E-state index contributed by atoms with van der Waals surface area (Å²) in [4.78, 5) is 18.5. The second kappa shape index (κ2) is 9.91. The third-order valence-electron chi connectivity index (χ3n) is 6.04. The van der Waals surface area contributed by atoms with Crippen LogP contribution in [0.4, 0.5) is 0 Å². The van der Waals surface area contributed by atoms with E-state index in [4.69, 9.17) is 9.84 Å². The Morgan fingerprint density at radius 3 is 2.39 bits per heavy atom. The van der Waals surface area contributed by atoms with Gasteiger partial charge in [-0.2, -0.15) is 14.6 Å². The lowest BCUT2D eigenvalue weighted by Crippen LogP contribution is -2.23. The maximum absolute atomic E-state index is 13.3. The molecule has 0 bridgehead atoms. The Hall–Kier alpha value is -4.82. The highest BCUT2D eigenvalue weighted by Gasteiger charge is 2.15. The molecule has 0 saturated heterocycles. The molecule has 0 N–H and O–H groups in total. The molecule has 0 saturated carbocycles. The normalized spacial score (nSPS) is 11.8. The topological polar surface area (TPSA) is 74.3 Å². The van der Waals surface area contributed by atoms with E-state index in [1.54, 1.807) is 6.08 Å². The number of hydrogen-bond donors (Lipinski definition) is 0. The smallest absolute Gasteiger partial charge is 0.291 e. The first kappa shape index (κ1) is 23.6. The third kappa shape index (κ3) is 4.53. The van der Waals surface area contributed by atoms with Crippen LogP contribution in [-0.2, 0) is 0 Å². The number of benzene rings is 3. The van der Waals surface area contributed by atoms with Gasteiger partial charge in [-0.1, -0.05) is 72.0 Å². The maximum Gasteiger partial charge on any atom is 0.291 e. The van der Waals surface area contributed by atoms with E-state index in [1.807, 2.05) is 103 Å². The van der Waals surface area contributed by atoms with Gasteiger partial charge in [0.15, 0.2) is 5.82 Å². The molecule has 3 aromatic carbocycles. The number of nitrogens with zero attached hydrogens (tertiary/aromatic N) is 5. The summed E-state index contributed by atoms with van der Waals surface area (Å²) in [5.41, 5.74) is 5.22. The molecule has 0 radical (unpaired) electrons. The van der Waals surface area contributed by atoms with Crippen LogP contribution in [0.5, 0.6) is 5.75 Å². The summed E-state index contributed by atoms with van der Waals surface area (Å²) >= 11 is 1.31. The number of rotatable bonds is 7. The average molecular weight is 518 g/mol. The molecule has 6 rings (SSSR count). The number of thiazole rings is 1. The lowest BCUT2D eigenvalue weighted by atomic mass is 10.1. The van der Waals surface area contributed by atoms with Crippen molar-refractivity contribution in [3.63, 3.8) is 0 Å². The molecule has 38 heavy (non-hydrogen) atoms. The monoisotopic (exact) mass is 517 g/mol. The van der Waals surface area contributed by atoms with Gasteiger partial charge in [-0.15, -0.1) is 5.10 Å². The molecule has 0 atom stereocenters. The molecule has 0 unspecified atom stereocenters. The van der Waals surface area contributed by atoms with Gasteiger partial charge in [0.25, 0.3) is 5.56 Å². The van der Waals surface area contributed by atoms with Crippen molar-refractivity contribution >= 4 is 22.4 Å². The van der Waals surface area contributed by atoms with Gasteiger partial charge >= 0.3 is 0 Å². The molecule has 3 aromatic heterocycles. The van der Waals surface area contributed by atoms with Crippen LogP contribution in [0.3, 0.4) is 0 Å². The number of ether oxygens (including phenoxy) is 1. The number of aryl methyl sites for hydroxylation is 1. The molecule has 6 aromatic rings. The summed E-state index contributed by atoms with van der Waals surface area (Å²) in [6.07, 6.45) is 5.50. The first-order valence-corrected chi connectivity index (χ1v) is 12.9. The molecule has 0 amide bonds. The Morgan fingerprint density at radius 2 is 1.68 bits per heavy atom. The minimum atomic E-state index is -0.206. The first-order chi connectivity index (χ1) is 18.6. The van der Waals surface area contributed by atoms with E-state index in [0.29, 0.717) is 21.9 Å². The van der Waals surface area contributed by atoms with Crippen molar-refractivity contribution in [2.24, 2.45) is 0 Å². The van der Waals surface area contributed by atoms with Gasteiger partial charge < -0.3 is 4.74 Å². The summed E-state index contributed by atoms with van der Waals surface area (Å²) in [6.45, 7) is 6.15.